The Morgan fingerprint density at radius 3 is 1.88 bits per heavy atom. The summed E-state index contributed by atoms with van der Waals surface area (Å²) in [4.78, 5) is 64.5. The number of nitrogens with zero attached hydrogens (tertiary/aromatic N) is 1. The maximum Gasteiger partial charge on any atom is 0.340 e. The van der Waals surface area contributed by atoms with Crippen LogP contribution in [-0.2, 0) is 4.57 Å². The lowest BCUT2D eigenvalue weighted by Gasteiger charge is -2.33. The summed E-state index contributed by atoms with van der Waals surface area (Å²) in [7, 11) is -5.04. The number of hydrogen-bond acceptors (Lipinski definition) is 4. The smallest absolute Gasteiger partial charge is 0.340 e. The summed E-state index contributed by atoms with van der Waals surface area (Å²) < 4.78 is 13.1. The molecule has 0 radical (unpaired) electrons. The van der Waals surface area contributed by atoms with Crippen molar-refractivity contribution in [2.24, 2.45) is 0 Å². The SMILES string of the molecule is C.O=C(NC1CCN(C(=O)c2cc3ccccc3cc2C(=O)C(c2cccc3ccccc23)P(=O)(O)O)CC1)c1ccc2ccccc2c1. The predicted octanol–water partition coefficient (Wildman–Crippen LogP) is 7.92. The maximum absolute atomic E-state index is 14.4. The maximum atomic E-state index is 14.4. The molecule has 1 unspecified atom stereocenters. The number of benzene rings is 6. The van der Waals surface area contributed by atoms with Gasteiger partial charge in [0.15, 0.2) is 5.78 Å². The van der Waals surface area contributed by atoms with Crippen molar-refractivity contribution in [3.63, 3.8) is 0 Å². The zero-order valence-electron chi connectivity index (χ0n) is 26.0. The van der Waals surface area contributed by atoms with E-state index in [0.717, 1.165) is 21.5 Å². The molecule has 1 heterocycles. The van der Waals surface area contributed by atoms with Crippen molar-refractivity contribution in [1.29, 1.82) is 0 Å². The molecule has 1 saturated heterocycles. The van der Waals surface area contributed by atoms with Crippen molar-refractivity contribution in [2.45, 2.75) is 32.0 Å². The Labute approximate surface area is 284 Å². The average molecular weight is 673 g/mol. The monoisotopic (exact) mass is 672 g/mol. The molecule has 9 heteroatoms. The highest BCUT2D eigenvalue weighted by Crippen LogP contribution is 2.55. The second-order valence-corrected chi connectivity index (χ2v) is 14.0. The predicted molar refractivity (Wildman–Crippen MR) is 194 cm³/mol. The van der Waals surface area contributed by atoms with Gasteiger partial charge in [0.25, 0.3) is 11.8 Å². The van der Waals surface area contributed by atoms with E-state index < -0.39 is 24.9 Å². The van der Waals surface area contributed by atoms with Crippen molar-refractivity contribution in [1.82, 2.24) is 10.2 Å². The minimum Gasteiger partial charge on any atom is -0.349 e. The Kier molecular flexibility index (Phi) is 9.48. The molecule has 1 atom stereocenters. The number of ketones is 1. The molecule has 248 valence electrons. The molecule has 6 aromatic rings. The summed E-state index contributed by atoms with van der Waals surface area (Å²) in [6, 6.07) is 35.9. The fourth-order valence-electron chi connectivity index (χ4n) is 6.73. The fraction of sp³-hybridized carbons (Fsp3) is 0.175. The van der Waals surface area contributed by atoms with E-state index in [9.17, 15) is 28.7 Å². The van der Waals surface area contributed by atoms with Gasteiger partial charge in [0.2, 0.25) is 0 Å². The van der Waals surface area contributed by atoms with Gasteiger partial charge in [-0.3, -0.25) is 18.9 Å². The first-order chi connectivity index (χ1) is 23.2. The second kappa shape index (κ2) is 13.8. The van der Waals surface area contributed by atoms with Crippen LogP contribution in [0.5, 0.6) is 0 Å². The summed E-state index contributed by atoms with van der Waals surface area (Å²) in [6.07, 6.45) is 1.03. The van der Waals surface area contributed by atoms with E-state index >= 15 is 0 Å². The van der Waals surface area contributed by atoms with Crippen molar-refractivity contribution in [3.05, 3.63) is 144 Å². The van der Waals surface area contributed by atoms with Gasteiger partial charge in [-0.2, -0.15) is 0 Å². The van der Waals surface area contributed by atoms with Gasteiger partial charge in [-0.05, 0) is 75.0 Å². The molecule has 0 aromatic heterocycles. The van der Waals surface area contributed by atoms with Gasteiger partial charge in [-0.1, -0.05) is 104 Å². The highest BCUT2D eigenvalue weighted by Gasteiger charge is 2.40. The standard InChI is InChI=1S/C39H33N2O6P.CH4/c42-36(37(48(45,46)47)33-15-7-13-26-9-5-6-14-32(26)33)34-23-28-11-3-4-12-29(28)24-35(34)39(44)41-20-18-31(19-21-41)40-38(43)30-17-16-25-8-1-2-10-27(25)22-30;/h1-17,22-24,31,37H,18-21H2,(H,40,43)(H2,45,46,47);1H4. The normalized spacial score (nSPS) is 14.4. The number of amides is 2. The summed E-state index contributed by atoms with van der Waals surface area (Å²) in [5, 5.41) is 7.84. The van der Waals surface area contributed by atoms with Crippen LogP contribution in [0, 0.1) is 0 Å². The minimum atomic E-state index is -5.04. The Balaban J connectivity index is 0.00000417. The number of fused-ring (bicyclic) bond motifs is 3. The third kappa shape index (κ3) is 6.76. The number of likely N-dealkylation sites (tertiary alicyclic amines) is 1. The molecule has 1 aliphatic rings. The van der Waals surface area contributed by atoms with Gasteiger partial charge in [-0.15, -0.1) is 0 Å². The van der Waals surface area contributed by atoms with Crippen LogP contribution < -0.4 is 5.32 Å². The van der Waals surface area contributed by atoms with Gasteiger partial charge in [0, 0.05) is 30.3 Å². The zero-order valence-corrected chi connectivity index (χ0v) is 26.8. The lowest BCUT2D eigenvalue weighted by atomic mass is 9.92. The average Bonchev–Trinajstić information content (AvgIpc) is 3.10. The van der Waals surface area contributed by atoms with E-state index in [1.165, 1.54) is 0 Å². The summed E-state index contributed by atoms with van der Waals surface area (Å²) in [5.74, 6) is -1.39. The number of hydrogen-bond donors (Lipinski definition) is 3. The Bertz CT molecular complexity index is 2270. The van der Waals surface area contributed by atoms with Crippen molar-refractivity contribution in [2.75, 3.05) is 13.1 Å². The Hall–Kier alpha value is -5.14. The van der Waals surface area contributed by atoms with Crippen LogP contribution in [0.4, 0.5) is 0 Å². The number of Topliss-reactive ketones (excluding diaryl/α,β-unsaturated/α-hetero) is 1. The van der Waals surface area contributed by atoms with E-state index in [1.807, 2.05) is 66.7 Å². The first-order valence-electron chi connectivity index (χ1n) is 15.9. The molecular weight excluding hydrogens is 635 g/mol. The highest BCUT2D eigenvalue weighted by atomic mass is 31.2. The van der Waals surface area contributed by atoms with E-state index in [4.69, 9.17) is 0 Å². The molecule has 49 heavy (non-hydrogen) atoms. The molecular formula is C40H37N2O6P. The van der Waals surface area contributed by atoms with Crippen molar-refractivity contribution >= 4 is 57.5 Å². The summed E-state index contributed by atoms with van der Waals surface area (Å²) >= 11 is 0. The highest BCUT2D eigenvalue weighted by molar-refractivity contribution is 7.53. The lowest BCUT2D eigenvalue weighted by molar-refractivity contribution is 0.0693. The van der Waals surface area contributed by atoms with Crippen LogP contribution in [0.2, 0.25) is 0 Å². The largest absolute Gasteiger partial charge is 0.349 e. The van der Waals surface area contributed by atoms with Gasteiger partial charge >= 0.3 is 7.60 Å². The molecule has 8 nitrogen and oxygen atoms in total. The molecule has 3 N–H and O–H groups in total. The third-order valence-electron chi connectivity index (χ3n) is 9.21. The second-order valence-electron chi connectivity index (χ2n) is 12.3. The quantitative estimate of drug-likeness (QED) is 0.117. The molecule has 0 saturated carbocycles. The molecule has 0 aliphatic carbocycles. The van der Waals surface area contributed by atoms with E-state index in [-0.39, 0.29) is 36.1 Å². The van der Waals surface area contributed by atoms with Crippen molar-refractivity contribution < 1.29 is 28.7 Å². The molecule has 1 fully saturated rings. The van der Waals surface area contributed by atoms with Gasteiger partial charge < -0.3 is 20.0 Å². The zero-order chi connectivity index (χ0) is 33.4. The molecule has 2 amide bonds. The van der Waals surface area contributed by atoms with Gasteiger partial charge in [-0.25, -0.2) is 0 Å². The number of rotatable bonds is 7. The van der Waals surface area contributed by atoms with Crippen LogP contribution in [0.15, 0.2) is 121 Å². The van der Waals surface area contributed by atoms with Crippen LogP contribution in [-0.4, -0.2) is 51.4 Å². The number of carbonyl (C=O) groups is 3. The van der Waals surface area contributed by atoms with E-state index in [2.05, 4.69) is 5.32 Å². The molecule has 0 bridgehead atoms. The summed E-state index contributed by atoms with van der Waals surface area (Å²) in [6.45, 7) is 0.681. The number of piperidine rings is 1. The molecule has 7 rings (SSSR count). The molecule has 0 spiro atoms. The first kappa shape index (κ1) is 33.7. The summed E-state index contributed by atoms with van der Waals surface area (Å²) in [5.41, 5.74) is -0.964. The van der Waals surface area contributed by atoms with Crippen LogP contribution in [0.3, 0.4) is 0 Å². The number of carbonyl (C=O) groups excluding carboxylic acids is 3. The van der Waals surface area contributed by atoms with Crippen LogP contribution in [0.1, 0.15) is 62.6 Å². The Morgan fingerprint density at radius 2 is 1.22 bits per heavy atom. The van der Waals surface area contributed by atoms with E-state index in [1.54, 1.807) is 59.5 Å². The van der Waals surface area contributed by atoms with E-state index in [0.29, 0.717) is 42.3 Å². The molecule has 1 aliphatic heterocycles. The molecule has 6 aromatic carbocycles. The fourth-order valence-corrected chi connectivity index (χ4v) is 7.76. The van der Waals surface area contributed by atoms with Crippen LogP contribution in [0.25, 0.3) is 32.3 Å². The topological polar surface area (TPSA) is 124 Å². The number of nitrogens with one attached hydrogen (secondary N) is 1. The lowest BCUT2D eigenvalue weighted by Crippen LogP contribution is -2.46. The van der Waals surface area contributed by atoms with Gasteiger partial charge in [0.1, 0.15) is 5.66 Å². The van der Waals surface area contributed by atoms with Crippen LogP contribution >= 0.6 is 7.60 Å². The van der Waals surface area contributed by atoms with Crippen molar-refractivity contribution in [3.8, 4) is 0 Å². The minimum absolute atomic E-state index is 0. The Morgan fingerprint density at radius 1 is 0.673 bits per heavy atom. The van der Waals surface area contributed by atoms with Gasteiger partial charge in [0.05, 0.1) is 5.56 Å². The first-order valence-corrected chi connectivity index (χ1v) is 17.5. The third-order valence-corrected chi connectivity index (χ3v) is 10.4.